The molecule has 0 spiro atoms. The zero-order valence-electron chi connectivity index (χ0n) is 13.2. The summed E-state index contributed by atoms with van der Waals surface area (Å²) in [6, 6.07) is 12.2. The van der Waals surface area contributed by atoms with Crippen molar-refractivity contribution in [2.45, 2.75) is 19.1 Å². The topological polar surface area (TPSA) is 89.3 Å². The minimum absolute atomic E-state index is 0.367. The first kappa shape index (κ1) is 16.2. The summed E-state index contributed by atoms with van der Waals surface area (Å²) in [6.45, 7) is 3.79. The number of carbonyl (C=O) groups excluding carboxylic acids is 1. The Kier molecular flexibility index (Phi) is 4.11. The zero-order valence-corrected chi connectivity index (χ0v) is 14.1. The number of nitrogens with one attached hydrogen (secondary N) is 1. The van der Waals surface area contributed by atoms with E-state index >= 15 is 0 Å². The van der Waals surface area contributed by atoms with Gasteiger partial charge in [0.2, 0.25) is 15.7 Å². The SMILES string of the molecule is Cc1ccc(NC(=O)CS(=O)(=O)c2nc3ccccc3o2)c(C)c1. The minimum Gasteiger partial charge on any atom is -0.428 e. The maximum absolute atomic E-state index is 12.3. The second-order valence-electron chi connectivity index (χ2n) is 5.57. The van der Waals surface area contributed by atoms with Gasteiger partial charge < -0.3 is 9.73 Å². The lowest BCUT2D eigenvalue weighted by Crippen LogP contribution is -2.23. The van der Waals surface area contributed by atoms with Crippen molar-refractivity contribution in [3.8, 4) is 0 Å². The van der Waals surface area contributed by atoms with E-state index in [1.807, 2.05) is 26.0 Å². The van der Waals surface area contributed by atoms with Crippen LogP contribution < -0.4 is 5.32 Å². The van der Waals surface area contributed by atoms with Crippen molar-refractivity contribution in [2.24, 2.45) is 0 Å². The molecule has 24 heavy (non-hydrogen) atoms. The van der Waals surface area contributed by atoms with E-state index in [0.29, 0.717) is 16.8 Å². The van der Waals surface area contributed by atoms with Gasteiger partial charge in [-0.25, -0.2) is 8.42 Å². The highest BCUT2D eigenvalue weighted by Gasteiger charge is 2.25. The molecule has 0 fully saturated rings. The van der Waals surface area contributed by atoms with E-state index in [9.17, 15) is 13.2 Å². The normalized spacial score (nSPS) is 11.6. The highest BCUT2D eigenvalue weighted by atomic mass is 32.2. The number of aryl methyl sites for hydroxylation is 2. The Morgan fingerprint density at radius 2 is 1.92 bits per heavy atom. The van der Waals surface area contributed by atoms with Crippen LogP contribution in [0.4, 0.5) is 5.69 Å². The van der Waals surface area contributed by atoms with Crippen LogP contribution in [0.15, 0.2) is 52.1 Å². The van der Waals surface area contributed by atoms with E-state index < -0.39 is 26.7 Å². The summed E-state index contributed by atoms with van der Waals surface area (Å²) in [6.07, 6.45) is 0. The van der Waals surface area contributed by atoms with Gasteiger partial charge in [0, 0.05) is 5.69 Å². The van der Waals surface area contributed by atoms with E-state index in [1.54, 1.807) is 30.3 Å². The number of hydrogen-bond acceptors (Lipinski definition) is 5. The molecule has 0 saturated carbocycles. The Bertz CT molecular complexity index is 989. The Balaban J connectivity index is 1.79. The van der Waals surface area contributed by atoms with Crippen molar-refractivity contribution in [1.29, 1.82) is 0 Å². The van der Waals surface area contributed by atoms with Crippen LogP contribution in [0.3, 0.4) is 0 Å². The summed E-state index contributed by atoms with van der Waals surface area (Å²) in [7, 11) is -3.95. The molecule has 2 aromatic carbocycles. The highest BCUT2D eigenvalue weighted by Crippen LogP contribution is 2.20. The predicted molar refractivity (Wildman–Crippen MR) is 90.6 cm³/mol. The predicted octanol–water partition coefficient (Wildman–Crippen LogP) is 2.86. The standard InChI is InChI=1S/C17H16N2O4S/c1-11-7-8-13(12(2)9-11)18-16(20)10-24(21,22)17-19-14-5-3-4-6-15(14)23-17/h3-9H,10H2,1-2H3,(H,18,20). The molecule has 124 valence electrons. The third kappa shape index (κ3) is 3.30. The first-order valence-corrected chi connectivity index (χ1v) is 8.96. The molecule has 1 heterocycles. The Hall–Kier alpha value is -2.67. The fraction of sp³-hybridized carbons (Fsp3) is 0.176. The third-order valence-corrected chi connectivity index (χ3v) is 4.87. The second-order valence-corrected chi connectivity index (χ2v) is 7.44. The molecular weight excluding hydrogens is 328 g/mol. The number of fused-ring (bicyclic) bond motifs is 1. The summed E-state index contributed by atoms with van der Waals surface area (Å²) in [5.41, 5.74) is 3.31. The number of sulfone groups is 1. The van der Waals surface area contributed by atoms with Crippen molar-refractivity contribution in [2.75, 3.05) is 11.1 Å². The fourth-order valence-corrected chi connectivity index (χ4v) is 3.35. The summed E-state index contributed by atoms with van der Waals surface area (Å²) >= 11 is 0. The molecule has 7 heteroatoms. The smallest absolute Gasteiger partial charge is 0.316 e. The van der Waals surface area contributed by atoms with Gasteiger partial charge >= 0.3 is 5.22 Å². The number of benzene rings is 2. The lowest BCUT2D eigenvalue weighted by Gasteiger charge is -2.08. The fourth-order valence-electron chi connectivity index (χ4n) is 2.36. The van der Waals surface area contributed by atoms with Crippen molar-refractivity contribution < 1.29 is 17.6 Å². The molecule has 0 aliphatic heterocycles. The van der Waals surface area contributed by atoms with E-state index in [4.69, 9.17) is 4.42 Å². The first-order valence-electron chi connectivity index (χ1n) is 7.30. The maximum atomic E-state index is 12.3. The molecular formula is C17H16N2O4S. The van der Waals surface area contributed by atoms with Gasteiger partial charge in [-0.1, -0.05) is 29.8 Å². The molecule has 0 atom stereocenters. The van der Waals surface area contributed by atoms with Crippen LogP contribution in [0.5, 0.6) is 0 Å². The lowest BCUT2D eigenvalue weighted by atomic mass is 10.1. The van der Waals surface area contributed by atoms with Gasteiger partial charge in [-0.2, -0.15) is 4.98 Å². The molecule has 0 saturated heterocycles. The van der Waals surface area contributed by atoms with Crippen LogP contribution in [-0.4, -0.2) is 25.1 Å². The minimum atomic E-state index is -3.95. The van der Waals surface area contributed by atoms with Gasteiger partial charge in [0.1, 0.15) is 11.3 Å². The molecule has 1 N–H and O–H groups in total. The molecule has 0 aliphatic carbocycles. The van der Waals surface area contributed by atoms with Gasteiger partial charge in [-0.3, -0.25) is 4.79 Å². The van der Waals surface area contributed by atoms with E-state index in [-0.39, 0.29) is 0 Å². The molecule has 3 rings (SSSR count). The molecule has 0 aliphatic rings. The van der Waals surface area contributed by atoms with Gasteiger partial charge in [-0.05, 0) is 37.6 Å². The van der Waals surface area contributed by atoms with Crippen LogP contribution >= 0.6 is 0 Å². The first-order chi connectivity index (χ1) is 11.3. The number of aromatic nitrogens is 1. The van der Waals surface area contributed by atoms with Gasteiger partial charge in [-0.15, -0.1) is 0 Å². The number of nitrogens with zero attached hydrogens (tertiary/aromatic N) is 1. The number of anilines is 1. The van der Waals surface area contributed by atoms with Crippen molar-refractivity contribution >= 4 is 32.5 Å². The van der Waals surface area contributed by atoms with Crippen LogP contribution in [0.25, 0.3) is 11.1 Å². The van der Waals surface area contributed by atoms with Crippen molar-refractivity contribution in [1.82, 2.24) is 4.98 Å². The van der Waals surface area contributed by atoms with Crippen molar-refractivity contribution in [3.63, 3.8) is 0 Å². The average molecular weight is 344 g/mol. The van der Waals surface area contributed by atoms with E-state index in [0.717, 1.165) is 11.1 Å². The monoisotopic (exact) mass is 344 g/mol. The molecule has 0 unspecified atom stereocenters. The summed E-state index contributed by atoms with van der Waals surface area (Å²) in [5, 5.41) is 2.16. The number of carbonyl (C=O) groups is 1. The van der Waals surface area contributed by atoms with Crippen LogP contribution in [0.1, 0.15) is 11.1 Å². The quantitative estimate of drug-likeness (QED) is 0.786. The highest BCUT2D eigenvalue weighted by molar-refractivity contribution is 7.91. The van der Waals surface area contributed by atoms with Crippen LogP contribution in [-0.2, 0) is 14.6 Å². The van der Waals surface area contributed by atoms with E-state index in [2.05, 4.69) is 10.3 Å². The van der Waals surface area contributed by atoms with Crippen LogP contribution in [0, 0.1) is 13.8 Å². The summed E-state index contributed by atoms with van der Waals surface area (Å²) in [4.78, 5) is 16.0. The number of hydrogen-bond donors (Lipinski definition) is 1. The molecule has 6 nitrogen and oxygen atoms in total. The molecule has 1 aromatic heterocycles. The molecule has 1 amide bonds. The summed E-state index contributed by atoms with van der Waals surface area (Å²) < 4.78 is 29.9. The number of rotatable bonds is 4. The average Bonchev–Trinajstić information content (AvgIpc) is 2.94. The Morgan fingerprint density at radius 1 is 1.17 bits per heavy atom. The number of oxazole rings is 1. The second kappa shape index (κ2) is 6.09. The zero-order chi connectivity index (χ0) is 17.3. The van der Waals surface area contributed by atoms with Gasteiger partial charge in [0.25, 0.3) is 0 Å². The summed E-state index contributed by atoms with van der Waals surface area (Å²) in [5.74, 6) is -1.36. The molecule has 0 bridgehead atoms. The van der Waals surface area contributed by atoms with E-state index in [1.165, 1.54) is 0 Å². The molecule has 0 radical (unpaired) electrons. The third-order valence-electron chi connectivity index (χ3n) is 3.52. The number of para-hydroxylation sites is 2. The maximum Gasteiger partial charge on any atom is 0.316 e. The van der Waals surface area contributed by atoms with Gasteiger partial charge in [0.05, 0.1) is 0 Å². The number of amides is 1. The Labute approximate surface area is 139 Å². The lowest BCUT2D eigenvalue weighted by molar-refractivity contribution is -0.113. The van der Waals surface area contributed by atoms with Crippen LogP contribution in [0.2, 0.25) is 0 Å². The Morgan fingerprint density at radius 3 is 2.62 bits per heavy atom. The largest absolute Gasteiger partial charge is 0.428 e. The van der Waals surface area contributed by atoms with Crippen molar-refractivity contribution in [3.05, 3.63) is 53.6 Å². The molecule has 3 aromatic rings. The van der Waals surface area contributed by atoms with Gasteiger partial charge in [0.15, 0.2) is 5.58 Å².